The molecule has 0 aliphatic carbocycles. The van der Waals surface area contributed by atoms with Gasteiger partial charge in [0.15, 0.2) is 4.34 Å². The van der Waals surface area contributed by atoms with Crippen molar-refractivity contribution in [2.75, 3.05) is 16.4 Å². The molecule has 2 amide bonds. The van der Waals surface area contributed by atoms with Gasteiger partial charge in [-0.15, -0.1) is 21.5 Å². The van der Waals surface area contributed by atoms with Gasteiger partial charge in [0.2, 0.25) is 11.0 Å². The summed E-state index contributed by atoms with van der Waals surface area (Å²) in [6.45, 7) is 1.88. The molecule has 1 aromatic carbocycles. The standard InChI is InChI=1S/C17H13F3N4O2S3/c1-9-6-12(27-7-9)14(26)22-15-23-24-16(29-15)28-8-13(25)21-11-5-3-2-4-10(11)17(18,19)20/h2-7H,8H2,1H3,(H,21,25)(H,22,23,26). The van der Waals surface area contributed by atoms with E-state index in [9.17, 15) is 22.8 Å². The Labute approximate surface area is 175 Å². The highest BCUT2D eigenvalue weighted by Gasteiger charge is 2.33. The molecule has 0 aliphatic heterocycles. The summed E-state index contributed by atoms with van der Waals surface area (Å²) in [5, 5.41) is 14.7. The summed E-state index contributed by atoms with van der Waals surface area (Å²) in [6, 6.07) is 6.50. The minimum Gasteiger partial charge on any atom is -0.325 e. The van der Waals surface area contributed by atoms with Crippen molar-refractivity contribution in [3.8, 4) is 0 Å². The summed E-state index contributed by atoms with van der Waals surface area (Å²) in [6.07, 6.45) is -4.57. The first-order valence-corrected chi connectivity index (χ1v) is 10.7. The number of alkyl halides is 3. The maximum absolute atomic E-state index is 13.0. The van der Waals surface area contributed by atoms with E-state index in [1.54, 1.807) is 6.07 Å². The second kappa shape index (κ2) is 8.93. The number of benzene rings is 1. The number of hydrogen-bond donors (Lipinski definition) is 2. The molecule has 0 bridgehead atoms. The van der Waals surface area contributed by atoms with Crippen molar-refractivity contribution in [2.45, 2.75) is 17.4 Å². The lowest BCUT2D eigenvalue weighted by atomic mass is 10.1. The van der Waals surface area contributed by atoms with Crippen molar-refractivity contribution in [3.05, 3.63) is 51.7 Å². The normalized spacial score (nSPS) is 11.3. The maximum Gasteiger partial charge on any atom is 0.418 e. The second-order valence-electron chi connectivity index (χ2n) is 5.70. The number of aryl methyl sites for hydroxylation is 1. The topological polar surface area (TPSA) is 84.0 Å². The van der Waals surface area contributed by atoms with Crippen LogP contribution in [-0.4, -0.2) is 27.8 Å². The lowest BCUT2D eigenvalue weighted by molar-refractivity contribution is -0.137. The number of para-hydroxylation sites is 1. The molecule has 3 aromatic rings. The maximum atomic E-state index is 13.0. The van der Waals surface area contributed by atoms with Crippen LogP contribution in [0.1, 0.15) is 20.8 Å². The van der Waals surface area contributed by atoms with Crippen LogP contribution < -0.4 is 10.6 Å². The Morgan fingerprint density at radius 1 is 1.17 bits per heavy atom. The quantitative estimate of drug-likeness (QED) is 0.405. The van der Waals surface area contributed by atoms with Crippen molar-refractivity contribution in [2.24, 2.45) is 0 Å². The number of thiophene rings is 1. The van der Waals surface area contributed by atoms with E-state index >= 15 is 0 Å². The molecule has 0 saturated carbocycles. The fourth-order valence-electron chi connectivity index (χ4n) is 2.18. The minimum absolute atomic E-state index is 0.154. The van der Waals surface area contributed by atoms with E-state index in [0.29, 0.717) is 9.22 Å². The molecule has 0 aliphatic rings. The molecule has 0 radical (unpaired) electrons. The zero-order valence-electron chi connectivity index (χ0n) is 14.7. The molecule has 12 heteroatoms. The molecule has 3 rings (SSSR count). The van der Waals surface area contributed by atoms with Crippen LogP contribution in [-0.2, 0) is 11.0 Å². The van der Waals surface area contributed by atoms with Crippen molar-refractivity contribution >= 4 is 57.1 Å². The smallest absolute Gasteiger partial charge is 0.325 e. The predicted octanol–water partition coefficient (Wildman–Crippen LogP) is 4.91. The van der Waals surface area contributed by atoms with E-state index in [-0.39, 0.29) is 22.5 Å². The van der Waals surface area contributed by atoms with Crippen LogP contribution in [0.4, 0.5) is 24.0 Å². The zero-order chi connectivity index (χ0) is 21.0. The number of carbonyl (C=O) groups is 2. The Morgan fingerprint density at radius 2 is 1.93 bits per heavy atom. The highest BCUT2D eigenvalue weighted by atomic mass is 32.2. The fourth-order valence-corrected chi connectivity index (χ4v) is 4.52. The van der Waals surface area contributed by atoms with Gasteiger partial charge in [-0.05, 0) is 36.1 Å². The molecule has 152 valence electrons. The van der Waals surface area contributed by atoms with Gasteiger partial charge in [-0.3, -0.25) is 14.9 Å². The van der Waals surface area contributed by atoms with Gasteiger partial charge in [0.25, 0.3) is 5.91 Å². The Hall–Kier alpha value is -2.44. The van der Waals surface area contributed by atoms with Gasteiger partial charge in [0.1, 0.15) is 0 Å². The monoisotopic (exact) mass is 458 g/mol. The van der Waals surface area contributed by atoms with Crippen LogP contribution in [0.15, 0.2) is 40.1 Å². The van der Waals surface area contributed by atoms with Gasteiger partial charge in [-0.25, -0.2) is 0 Å². The number of anilines is 2. The summed E-state index contributed by atoms with van der Waals surface area (Å²) in [7, 11) is 0. The molecule has 2 aromatic heterocycles. The van der Waals surface area contributed by atoms with E-state index in [1.165, 1.54) is 29.5 Å². The Morgan fingerprint density at radius 3 is 2.62 bits per heavy atom. The third kappa shape index (κ3) is 5.78. The van der Waals surface area contributed by atoms with Gasteiger partial charge >= 0.3 is 6.18 Å². The lowest BCUT2D eigenvalue weighted by Gasteiger charge is -2.13. The van der Waals surface area contributed by atoms with Gasteiger partial charge < -0.3 is 5.32 Å². The van der Waals surface area contributed by atoms with Crippen LogP contribution >= 0.6 is 34.4 Å². The Kier molecular flexibility index (Phi) is 6.55. The summed E-state index contributed by atoms with van der Waals surface area (Å²) in [5.74, 6) is -1.07. The molecule has 0 fully saturated rings. The van der Waals surface area contributed by atoms with Crippen molar-refractivity contribution in [3.63, 3.8) is 0 Å². The fraction of sp³-hybridized carbons (Fsp3) is 0.176. The minimum atomic E-state index is -4.57. The number of nitrogens with one attached hydrogen (secondary N) is 2. The first-order chi connectivity index (χ1) is 13.7. The highest BCUT2D eigenvalue weighted by molar-refractivity contribution is 8.01. The molecule has 0 saturated heterocycles. The molecule has 0 unspecified atom stereocenters. The van der Waals surface area contributed by atoms with Crippen LogP contribution in [0.3, 0.4) is 0 Å². The van der Waals surface area contributed by atoms with Crippen LogP contribution in [0.25, 0.3) is 0 Å². The van der Waals surface area contributed by atoms with E-state index < -0.39 is 17.6 Å². The first-order valence-electron chi connectivity index (χ1n) is 8.01. The molecule has 0 atom stereocenters. The summed E-state index contributed by atoms with van der Waals surface area (Å²) in [4.78, 5) is 24.7. The SMILES string of the molecule is Cc1csc(C(=O)Nc2nnc(SCC(=O)Nc3ccccc3C(F)(F)F)s2)c1. The summed E-state index contributed by atoms with van der Waals surface area (Å²) < 4.78 is 39.3. The van der Waals surface area contributed by atoms with Crippen LogP contribution in [0.5, 0.6) is 0 Å². The average molecular weight is 459 g/mol. The third-order valence-electron chi connectivity index (χ3n) is 3.41. The largest absolute Gasteiger partial charge is 0.418 e. The molecule has 2 heterocycles. The number of rotatable bonds is 6. The van der Waals surface area contributed by atoms with E-state index in [2.05, 4.69) is 20.8 Å². The molecular weight excluding hydrogens is 445 g/mol. The van der Waals surface area contributed by atoms with Gasteiger partial charge in [-0.1, -0.05) is 35.2 Å². The van der Waals surface area contributed by atoms with Gasteiger partial charge in [-0.2, -0.15) is 13.2 Å². The number of nitrogens with zero attached hydrogens (tertiary/aromatic N) is 2. The number of carbonyl (C=O) groups excluding carboxylic acids is 2. The van der Waals surface area contributed by atoms with Crippen molar-refractivity contribution in [1.29, 1.82) is 0 Å². The van der Waals surface area contributed by atoms with E-state index in [1.807, 2.05) is 12.3 Å². The number of amides is 2. The predicted molar refractivity (Wildman–Crippen MR) is 108 cm³/mol. The number of hydrogen-bond acceptors (Lipinski definition) is 7. The van der Waals surface area contributed by atoms with E-state index in [0.717, 1.165) is 34.7 Å². The van der Waals surface area contributed by atoms with Crippen molar-refractivity contribution in [1.82, 2.24) is 10.2 Å². The van der Waals surface area contributed by atoms with Crippen LogP contribution in [0.2, 0.25) is 0 Å². The van der Waals surface area contributed by atoms with Crippen LogP contribution in [0, 0.1) is 6.92 Å². The first kappa shape index (κ1) is 21.3. The van der Waals surface area contributed by atoms with Gasteiger partial charge in [0, 0.05) is 0 Å². The highest BCUT2D eigenvalue weighted by Crippen LogP contribution is 2.34. The second-order valence-corrected chi connectivity index (χ2v) is 8.81. The van der Waals surface area contributed by atoms with Gasteiger partial charge in [0.05, 0.1) is 21.9 Å². The Balaban J connectivity index is 1.55. The molecule has 29 heavy (non-hydrogen) atoms. The molecule has 2 N–H and O–H groups in total. The Bertz CT molecular complexity index is 1030. The summed E-state index contributed by atoms with van der Waals surface area (Å²) >= 11 is 3.39. The number of thioether (sulfide) groups is 1. The zero-order valence-corrected chi connectivity index (χ0v) is 17.2. The van der Waals surface area contributed by atoms with Crippen molar-refractivity contribution < 1.29 is 22.8 Å². The molecular formula is C17H13F3N4O2S3. The third-order valence-corrected chi connectivity index (χ3v) is 6.43. The van der Waals surface area contributed by atoms with E-state index in [4.69, 9.17) is 0 Å². The summed E-state index contributed by atoms with van der Waals surface area (Å²) in [5.41, 5.74) is -0.239. The molecule has 0 spiro atoms. The average Bonchev–Trinajstić information content (AvgIpc) is 3.28. The number of halogens is 3. The lowest BCUT2D eigenvalue weighted by Crippen LogP contribution is -2.18. The molecule has 6 nitrogen and oxygen atoms in total. The number of aromatic nitrogens is 2.